The fourth-order valence-corrected chi connectivity index (χ4v) is 3.00. The highest BCUT2D eigenvalue weighted by Crippen LogP contribution is 2.36. The summed E-state index contributed by atoms with van der Waals surface area (Å²) >= 11 is 0. The van der Waals surface area contributed by atoms with Crippen LogP contribution in [0.1, 0.15) is 45.6 Å². The van der Waals surface area contributed by atoms with E-state index >= 15 is 0 Å². The number of carbonyl (C=O) groups excluding carboxylic acids is 1. The minimum atomic E-state index is -0.459. The summed E-state index contributed by atoms with van der Waals surface area (Å²) in [6, 6.07) is 10.1. The molecule has 1 spiro atoms. The summed E-state index contributed by atoms with van der Waals surface area (Å²) in [7, 11) is 0. The molecular formula is C18H24N2O3. The Kier molecular flexibility index (Phi) is 4.04. The molecule has 23 heavy (non-hydrogen) atoms. The highest BCUT2D eigenvalue weighted by Gasteiger charge is 2.43. The number of benzene rings is 1. The molecule has 2 heterocycles. The molecule has 124 valence electrons. The second kappa shape index (κ2) is 5.87. The summed E-state index contributed by atoms with van der Waals surface area (Å²) in [5.74, 6) is 0. The van der Waals surface area contributed by atoms with Crippen LogP contribution in [0.15, 0.2) is 35.5 Å². The lowest BCUT2D eigenvalue weighted by Crippen LogP contribution is -2.48. The average Bonchev–Trinajstić information content (AvgIpc) is 2.91. The zero-order valence-corrected chi connectivity index (χ0v) is 14.0. The van der Waals surface area contributed by atoms with Gasteiger partial charge in [0.05, 0.1) is 5.71 Å². The van der Waals surface area contributed by atoms with Crippen molar-refractivity contribution in [1.82, 2.24) is 4.90 Å². The predicted molar refractivity (Wildman–Crippen MR) is 88.5 cm³/mol. The van der Waals surface area contributed by atoms with Crippen molar-refractivity contribution >= 4 is 11.8 Å². The topological polar surface area (TPSA) is 51.1 Å². The third kappa shape index (κ3) is 3.66. The number of carbonyl (C=O) groups is 1. The van der Waals surface area contributed by atoms with E-state index in [1.165, 1.54) is 0 Å². The lowest BCUT2D eigenvalue weighted by molar-refractivity contribution is -0.0639. The van der Waals surface area contributed by atoms with Crippen LogP contribution in [0.4, 0.5) is 4.79 Å². The van der Waals surface area contributed by atoms with Gasteiger partial charge in [0.15, 0.2) is 0 Å². The van der Waals surface area contributed by atoms with Crippen molar-refractivity contribution < 1.29 is 14.4 Å². The highest BCUT2D eigenvalue weighted by molar-refractivity contribution is 6.01. The van der Waals surface area contributed by atoms with Crippen molar-refractivity contribution in [2.45, 2.75) is 51.2 Å². The molecule has 0 atom stereocenters. The first-order chi connectivity index (χ1) is 10.9. The van der Waals surface area contributed by atoms with Crippen molar-refractivity contribution in [2.24, 2.45) is 5.16 Å². The zero-order chi connectivity index (χ0) is 16.5. The molecule has 1 saturated heterocycles. The van der Waals surface area contributed by atoms with Crippen LogP contribution in [0.25, 0.3) is 0 Å². The molecule has 1 aromatic rings. The molecule has 0 aromatic heterocycles. The Hall–Kier alpha value is -2.04. The van der Waals surface area contributed by atoms with Crippen molar-refractivity contribution in [3.8, 4) is 0 Å². The Morgan fingerprint density at radius 2 is 1.87 bits per heavy atom. The Morgan fingerprint density at radius 1 is 1.22 bits per heavy atom. The summed E-state index contributed by atoms with van der Waals surface area (Å²) in [5, 5.41) is 4.29. The summed E-state index contributed by atoms with van der Waals surface area (Å²) < 4.78 is 5.44. The molecule has 5 heteroatoms. The first-order valence-corrected chi connectivity index (χ1v) is 8.15. The van der Waals surface area contributed by atoms with E-state index in [1.54, 1.807) is 4.90 Å². The molecule has 0 N–H and O–H groups in total. The lowest BCUT2D eigenvalue weighted by Gasteiger charge is -2.37. The Labute approximate surface area is 137 Å². The maximum atomic E-state index is 12.1. The molecule has 0 aliphatic carbocycles. The zero-order valence-electron chi connectivity index (χ0n) is 14.0. The fourth-order valence-electron chi connectivity index (χ4n) is 3.00. The third-order valence-electron chi connectivity index (χ3n) is 4.27. The molecule has 5 nitrogen and oxygen atoms in total. The predicted octanol–water partition coefficient (Wildman–Crippen LogP) is 3.58. The largest absolute Gasteiger partial charge is 0.444 e. The molecule has 0 saturated carbocycles. The van der Waals surface area contributed by atoms with Gasteiger partial charge in [0.25, 0.3) is 0 Å². The van der Waals surface area contributed by atoms with E-state index in [9.17, 15) is 4.79 Å². The first-order valence-electron chi connectivity index (χ1n) is 8.15. The molecule has 0 bridgehead atoms. The van der Waals surface area contributed by atoms with E-state index in [0.29, 0.717) is 13.1 Å². The molecule has 0 unspecified atom stereocenters. The monoisotopic (exact) mass is 316 g/mol. The van der Waals surface area contributed by atoms with Gasteiger partial charge in [0, 0.05) is 32.4 Å². The van der Waals surface area contributed by atoms with Crippen LogP contribution >= 0.6 is 0 Å². The number of rotatable bonds is 1. The fraction of sp³-hybridized carbons (Fsp3) is 0.556. The van der Waals surface area contributed by atoms with E-state index in [1.807, 2.05) is 39.0 Å². The number of piperidine rings is 1. The van der Waals surface area contributed by atoms with Gasteiger partial charge in [0.2, 0.25) is 0 Å². The number of oxime groups is 1. The summed E-state index contributed by atoms with van der Waals surface area (Å²) in [6.07, 6.45) is 2.13. The summed E-state index contributed by atoms with van der Waals surface area (Å²) in [6.45, 7) is 6.95. The SMILES string of the molecule is CC(C)(C)OC(=O)N1CCC2(CC1)CC(c1ccccc1)=NO2. The summed E-state index contributed by atoms with van der Waals surface area (Å²) in [4.78, 5) is 19.7. The number of nitrogens with zero attached hydrogens (tertiary/aromatic N) is 2. The van der Waals surface area contributed by atoms with Crippen LogP contribution in [0.5, 0.6) is 0 Å². The normalized spacial score (nSPS) is 20.1. The van der Waals surface area contributed by atoms with Crippen molar-refractivity contribution in [3.63, 3.8) is 0 Å². The number of hydrogen-bond acceptors (Lipinski definition) is 4. The minimum Gasteiger partial charge on any atom is -0.444 e. The maximum Gasteiger partial charge on any atom is 0.410 e. The summed E-state index contributed by atoms with van der Waals surface area (Å²) in [5.41, 5.74) is 1.39. The van der Waals surface area contributed by atoms with Gasteiger partial charge in [-0.15, -0.1) is 0 Å². The van der Waals surface area contributed by atoms with Gasteiger partial charge in [-0.1, -0.05) is 35.5 Å². The van der Waals surface area contributed by atoms with Gasteiger partial charge in [0.1, 0.15) is 11.2 Å². The first kappa shape index (κ1) is 15.8. The van der Waals surface area contributed by atoms with Crippen molar-refractivity contribution in [3.05, 3.63) is 35.9 Å². The van der Waals surface area contributed by atoms with Gasteiger partial charge in [-0.05, 0) is 26.3 Å². The quantitative estimate of drug-likeness (QED) is 0.795. The molecule has 1 fully saturated rings. The van der Waals surface area contributed by atoms with Crippen LogP contribution in [0, 0.1) is 0 Å². The van der Waals surface area contributed by atoms with E-state index in [4.69, 9.17) is 9.57 Å². The standard InChI is InChI=1S/C18H24N2O3/c1-17(2,3)22-16(21)20-11-9-18(10-12-20)13-15(19-23-18)14-7-5-4-6-8-14/h4-8H,9-13H2,1-3H3. The van der Waals surface area contributed by atoms with Gasteiger partial charge in [-0.25, -0.2) is 4.79 Å². The smallest absolute Gasteiger partial charge is 0.410 e. The van der Waals surface area contributed by atoms with Gasteiger partial charge < -0.3 is 14.5 Å². The van der Waals surface area contributed by atoms with E-state index in [2.05, 4.69) is 17.3 Å². The highest BCUT2D eigenvalue weighted by atomic mass is 16.7. The van der Waals surface area contributed by atoms with Gasteiger partial charge in [-0.3, -0.25) is 0 Å². The second-order valence-electron chi connectivity index (χ2n) is 7.32. The number of ether oxygens (including phenoxy) is 1. The lowest BCUT2D eigenvalue weighted by atomic mass is 9.85. The molecule has 2 aliphatic rings. The molecule has 1 aromatic carbocycles. The number of hydrogen-bond donors (Lipinski definition) is 0. The third-order valence-corrected chi connectivity index (χ3v) is 4.27. The van der Waals surface area contributed by atoms with Crippen molar-refractivity contribution in [2.75, 3.05) is 13.1 Å². The Morgan fingerprint density at radius 3 is 2.48 bits per heavy atom. The molecule has 2 aliphatic heterocycles. The van der Waals surface area contributed by atoms with Gasteiger partial charge >= 0.3 is 6.09 Å². The maximum absolute atomic E-state index is 12.1. The Balaban J connectivity index is 1.57. The molecule has 0 radical (unpaired) electrons. The Bertz CT molecular complexity index is 596. The average molecular weight is 316 g/mol. The van der Waals surface area contributed by atoms with Crippen LogP contribution < -0.4 is 0 Å². The second-order valence-corrected chi connectivity index (χ2v) is 7.32. The molecular weight excluding hydrogens is 292 g/mol. The van der Waals surface area contributed by atoms with Crippen LogP contribution in [-0.4, -0.2) is 41.0 Å². The number of likely N-dealkylation sites (tertiary alicyclic amines) is 1. The van der Waals surface area contributed by atoms with E-state index < -0.39 is 5.60 Å². The number of amides is 1. The minimum absolute atomic E-state index is 0.241. The van der Waals surface area contributed by atoms with Crippen LogP contribution in [-0.2, 0) is 9.57 Å². The van der Waals surface area contributed by atoms with Gasteiger partial charge in [-0.2, -0.15) is 0 Å². The van der Waals surface area contributed by atoms with Crippen molar-refractivity contribution in [1.29, 1.82) is 0 Å². The van der Waals surface area contributed by atoms with E-state index in [0.717, 1.165) is 30.5 Å². The van der Waals surface area contributed by atoms with Crippen LogP contribution in [0.2, 0.25) is 0 Å². The van der Waals surface area contributed by atoms with E-state index in [-0.39, 0.29) is 11.7 Å². The molecule has 1 amide bonds. The van der Waals surface area contributed by atoms with Crippen LogP contribution in [0.3, 0.4) is 0 Å². The molecule has 3 rings (SSSR count).